The topological polar surface area (TPSA) is 77.9 Å². The lowest BCUT2D eigenvalue weighted by molar-refractivity contribution is -0.146. The zero-order valence-electron chi connectivity index (χ0n) is 11.9. The summed E-state index contributed by atoms with van der Waals surface area (Å²) in [6.07, 6.45) is 0. The first-order valence-electron chi connectivity index (χ1n) is 6.25. The maximum Gasteiger partial charge on any atom is 0.323 e. The summed E-state index contributed by atoms with van der Waals surface area (Å²) in [6.45, 7) is 0.979. The molecule has 1 aromatic rings. The van der Waals surface area contributed by atoms with E-state index in [-0.39, 0.29) is 19.0 Å². The van der Waals surface area contributed by atoms with Crippen LogP contribution in [0.3, 0.4) is 0 Å². The molecule has 114 valence electrons. The van der Waals surface area contributed by atoms with Gasteiger partial charge in [-0.2, -0.15) is 0 Å². The Morgan fingerprint density at radius 2 is 1.90 bits per heavy atom. The average Bonchev–Trinajstić information content (AvgIpc) is 2.37. The van der Waals surface area contributed by atoms with Gasteiger partial charge in [0.2, 0.25) is 11.8 Å². The summed E-state index contributed by atoms with van der Waals surface area (Å²) >= 11 is 3.33. The van der Waals surface area contributed by atoms with E-state index in [0.717, 1.165) is 10.0 Å². The number of hydrogen-bond acceptors (Lipinski definition) is 3. The molecule has 0 bridgehead atoms. The van der Waals surface area contributed by atoms with Crippen LogP contribution in [0.1, 0.15) is 12.5 Å². The minimum absolute atomic E-state index is 0.142. The van der Waals surface area contributed by atoms with Gasteiger partial charge >= 0.3 is 5.97 Å². The Labute approximate surface area is 131 Å². The van der Waals surface area contributed by atoms with E-state index in [1.54, 1.807) is 0 Å². The molecule has 0 heterocycles. The fourth-order valence-corrected chi connectivity index (χ4v) is 2.11. The molecule has 7 heteroatoms. The first kappa shape index (κ1) is 17.2. The van der Waals surface area contributed by atoms with Crippen LogP contribution in [0.4, 0.5) is 0 Å². The fourth-order valence-electron chi connectivity index (χ4n) is 1.67. The molecule has 0 aliphatic carbocycles. The number of carboxylic acids is 1. The standard InChI is InChI=1S/C14H17BrN2O4/c1-10(18)16(2)8-13(19)17(9-14(20)21)7-11-4-3-5-12(15)6-11/h3-6H,7-9H2,1-2H3,(H,20,21). The van der Waals surface area contributed by atoms with Gasteiger partial charge in [-0.15, -0.1) is 0 Å². The van der Waals surface area contributed by atoms with Crippen molar-refractivity contribution in [2.45, 2.75) is 13.5 Å². The maximum absolute atomic E-state index is 12.1. The lowest BCUT2D eigenvalue weighted by Gasteiger charge is -2.24. The first-order chi connectivity index (χ1) is 9.79. The van der Waals surface area contributed by atoms with Crippen LogP contribution < -0.4 is 0 Å². The summed E-state index contributed by atoms with van der Waals surface area (Å²) in [7, 11) is 1.50. The fraction of sp³-hybridized carbons (Fsp3) is 0.357. The Morgan fingerprint density at radius 3 is 2.43 bits per heavy atom. The van der Waals surface area contributed by atoms with Crippen LogP contribution in [0, 0.1) is 0 Å². The summed E-state index contributed by atoms with van der Waals surface area (Å²) in [5.41, 5.74) is 0.810. The van der Waals surface area contributed by atoms with Crippen LogP contribution in [0.5, 0.6) is 0 Å². The van der Waals surface area contributed by atoms with Gasteiger partial charge in [0.15, 0.2) is 0 Å². The normalized spacial score (nSPS) is 10.0. The SMILES string of the molecule is CC(=O)N(C)CC(=O)N(CC(=O)O)Cc1cccc(Br)c1. The van der Waals surface area contributed by atoms with Crippen molar-refractivity contribution in [2.75, 3.05) is 20.1 Å². The minimum Gasteiger partial charge on any atom is -0.480 e. The second kappa shape index (κ2) is 7.78. The predicted molar refractivity (Wildman–Crippen MR) is 80.5 cm³/mol. The van der Waals surface area contributed by atoms with E-state index in [0.29, 0.717) is 0 Å². The van der Waals surface area contributed by atoms with E-state index < -0.39 is 18.4 Å². The number of rotatable bonds is 6. The number of carboxylic acid groups (broad SMARTS) is 1. The van der Waals surface area contributed by atoms with Gasteiger partial charge in [-0.25, -0.2) is 0 Å². The van der Waals surface area contributed by atoms with Gasteiger partial charge in [-0.3, -0.25) is 14.4 Å². The van der Waals surface area contributed by atoms with Gasteiger partial charge in [0.05, 0.1) is 6.54 Å². The number of hydrogen-bond donors (Lipinski definition) is 1. The monoisotopic (exact) mass is 356 g/mol. The van der Waals surface area contributed by atoms with Crippen LogP contribution in [-0.2, 0) is 20.9 Å². The van der Waals surface area contributed by atoms with Gasteiger partial charge < -0.3 is 14.9 Å². The van der Waals surface area contributed by atoms with Crippen molar-refractivity contribution in [3.05, 3.63) is 34.3 Å². The van der Waals surface area contributed by atoms with Crippen molar-refractivity contribution in [2.24, 2.45) is 0 Å². The summed E-state index contributed by atoms with van der Waals surface area (Å²) in [4.78, 5) is 36.7. The van der Waals surface area contributed by atoms with Gasteiger partial charge in [-0.1, -0.05) is 28.1 Å². The van der Waals surface area contributed by atoms with Crippen molar-refractivity contribution in [3.8, 4) is 0 Å². The summed E-state index contributed by atoms with van der Waals surface area (Å²) in [6, 6.07) is 7.28. The zero-order chi connectivity index (χ0) is 16.0. The number of nitrogens with zero attached hydrogens (tertiary/aromatic N) is 2. The van der Waals surface area contributed by atoms with E-state index in [2.05, 4.69) is 15.9 Å². The lowest BCUT2D eigenvalue weighted by atomic mass is 10.2. The van der Waals surface area contributed by atoms with Crippen LogP contribution in [0.25, 0.3) is 0 Å². The Morgan fingerprint density at radius 1 is 1.24 bits per heavy atom. The number of amides is 2. The molecule has 0 aliphatic heterocycles. The van der Waals surface area contributed by atoms with Crippen LogP contribution in [-0.4, -0.2) is 52.8 Å². The molecule has 6 nitrogen and oxygen atoms in total. The molecule has 2 amide bonds. The van der Waals surface area contributed by atoms with E-state index in [1.165, 1.54) is 23.8 Å². The van der Waals surface area contributed by atoms with Crippen molar-refractivity contribution in [1.82, 2.24) is 9.80 Å². The van der Waals surface area contributed by atoms with Crippen molar-refractivity contribution in [1.29, 1.82) is 0 Å². The number of halogens is 1. The molecular weight excluding hydrogens is 340 g/mol. The molecule has 0 spiro atoms. The Bertz CT molecular complexity index is 548. The van der Waals surface area contributed by atoms with Gasteiger partial charge in [0.1, 0.15) is 6.54 Å². The number of carbonyl (C=O) groups excluding carboxylic acids is 2. The molecule has 0 atom stereocenters. The molecule has 0 fully saturated rings. The second-order valence-electron chi connectivity index (χ2n) is 4.65. The summed E-state index contributed by atoms with van der Waals surface area (Å²) < 4.78 is 0.851. The molecule has 0 aromatic heterocycles. The molecular formula is C14H17BrN2O4. The molecule has 1 aromatic carbocycles. The zero-order valence-corrected chi connectivity index (χ0v) is 13.5. The summed E-state index contributed by atoms with van der Waals surface area (Å²) in [5, 5.41) is 8.93. The third-order valence-electron chi connectivity index (χ3n) is 2.85. The van der Waals surface area contributed by atoms with Crippen LogP contribution in [0.15, 0.2) is 28.7 Å². The van der Waals surface area contributed by atoms with E-state index in [9.17, 15) is 14.4 Å². The van der Waals surface area contributed by atoms with Crippen molar-refractivity contribution in [3.63, 3.8) is 0 Å². The third-order valence-corrected chi connectivity index (χ3v) is 3.34. The Kier molecular flexibility index (Phi) is 6.36. The van der Waals surface area contributed by atoms with Gasteiger partial charge in [0, 0.05) is 25.0 Å². The Balaban J connectivity index is 2.82. The number of carbonyl (C=O) groups is 3. The summed E-state index contributed by atoms with van der Waals surface area (Å²) in [5.74, 6) is -1.75. The van der Waals surface area contributed by atoms with Gasteiger partial charge in [-0.05, 0) is 17.7 Å². The molecule has 0 unspecified atom stereocenters. The molecule has 21 heavy (non-hydrogen) atoms. The highest BCUT2D eigenvalue weighted by atomic mass is 79.9. The quantitative estimate of drug-likeness (QED) is 0.834. The largest absolute Gasteiger partial charge is 0.480 e. The van der Waals surface area contributed by atoms with Crippen molar-refractivity contribution >= 4 is 33.7 Å². The third kappa shape index (κ3) is 5.95. The Hall–Kier alpha value is -1.89. The van der Waals surface area contributed by atoms with E-state index in [4.69, 9.17) is 5.11 Å². The maximum atomic E-state index is 12.1. The lowest BCUT2D eigenvalue weighted by Crippen LogP contribution is -2.42. The van der Waals surface area contributed by atoms with Crippen molar-refractivity contribution < 1.29 is 19.5 Å². The highest BCUT2D eigenvalue weighted by molar-refractivity contribution is 9.10. The van der Waals surface area contributed by atoms with Gasteiger partial charge in [0.25, 0.3) is 0 Å². The van der Waals surface area contributed by atoms with E-state index in [1.807, 2.05) is 24.3 Å². The molecule has 0 radical (unpaired) electrons. The highest BCUT2D eigenvalue weighted by Gasteiger charge is 2.19. The van der Waals surface area contributed by atoms with Crippen LogP contribution >= 0.6 is 15.9 Å². The highest BCUT2D eigenvalue weighted by Crippen LogP contribution is 2.13. The average molecular weight is 357 g/mol. The smallest absolute Gasteiger partial charge is 0.323 e. The molecule has 0 aliphatic rings. The number of likely N-dealkylation sites (N-methyl/N-ethyl adjacent to an activating group) is 1. The molecule has 0 saturated carbocycles. The molecule has 0 saturated heterocycles. The first-order valence-corrected chi connectivity index (χ1v) is 7.04. The predicted octanol–water partition coefficient (Wildman–Crippen LogP) is 1.34. The van der Waals surface area contributed by atoms with Crippen LogP contribution in [0.2, 0.25) is 0 Å². The molecule has 1 N–H and O–H groups in total. The second-order valence-corrected chi connectivity index (χ2v) is 5.56. The number of aliphatic carboxylic acids is 1. The van der Waals surface area contributed by atoms with E-state index >= 15 is 0 Å². The minimum atomic E-state index is -1.09. The number of benzene rings is 1. The molecule has 1 rings (SSSR count).